The minimum absolute atomic E-state index is 0.00655. The molecular formula is C20H22ClNO2. The van der Waals surface area contributed by atoms with E-state index in [4.69, 9.17) is 16.3 Å². The third-order valence-corrected chi connectivity index (χ3v) is 5.17. The lowest BCUT2D eigenvalue weighted by Gasteiger charge is -2.11. The fourth-order valence-electron chi connectivity index (χ4n) is 3.60. The highest BCUT2D eigenvalue weighted by Gasteiger charge is 2.62. The van der Waals surface area contributed by atoms with Crippen molar-refractivity contribution in [1.82, 2.24) is 0 Å². The molecular weight excluding hydrogens is 322 g/mol. The zero-order chi connectivity index (χ0) is 17.5. The van der Waals surface area contributed by atoms with Crippen molar-refractivity contribution in [1.29, 1.82) is 0 Å². The lowest BCUT2D eigenvalue weighted by atomic mass is 10.0. The summed E-state index contributed by atoms with van der Waals surface area (Å²) in [5, 5.41) is 3.55. The number of rotatable bonds is 4. The maximum Gasteiger partial charge on any atom is 0.228 e. The van der Waals surface area contributed by atoms with Crippen LogP contribution in [0, 0.1) is 18.3 Å². The van der Waals surface area contributed by atoms with Crippen LogP contribution >= 0.6 is 11.6 Å². The van der Waals surface area contributed by atoms with Gasteiger partial charge in [-0.1, -0.05) is 55.3 Å². The molecule has 1 fully saturated rings. The molecule has 3 nitrogen and oxygen atoms in total. The fraction of sp³-hybridized carbons (Fsp3) is 0.350. The number of carbonyl (C=O) groups excluding carboxylic acids is 1. The van der Waals surface area contributed by atoms with Gasteiger partial charge < -0.3 is 10.1 Å². The third kappa shape index (κ3) is 3.01. The Morgan fingerprint density at radius 2 is 1.96 bits per heavy atom. The van der Waals surface area contributed by atoms with Gasteiger partial charge >= 0.3 is 0 Å². The van der Waals surface area contributed by atoms with Crippen molar-refractivity contribution in [2.75, 3.05) is 12.4 Å². The van der Waals surface area contributed by atoms with Crippen molar-refractivity contribution in [3.8, 4) is 5.75 Å². The van der Waals surface area contributed by atoms with E-state index in [1.165, 1.54) is 11.1 Å². The molecule has 4 heteroatoms. The predicted octanol–water partition coefficient (Wildman–Crippen LogP) is 5.04. The Labute approximate surface area is 148 Å². The van der Waals surface area contributed by atoms with Crippen LogP contribution in [0.2, 0.25) is 5.02 Å². The first-order valence-electron chi connectivity index (χ1n) is 8.05. The van der Waals surface area contributed by atoms with Crippen LogP contribution in [0.15, 0.2) is 42.5 Å². The number of benzene rings is 2. The molecule has 1 N–H and O–H groups in total. The highest BCUT2D eigenvalue weighted by atomic mass is 35.5. The summed E-state index contributed by atoms with van der Waals surface area (Å²) < 4.78 is 5.31. The van der Waals surface area contributed by atoms with Gasteiger partial charge in [0.15, 0.2) is 0 Å². The standard InChI is InChI=1S/C20H22ClNO2/c1-12-6-5-7-13(10-12)17-18(20(17,2)3)19(23)22-15-11-14(21)8-9-16(15)24-4/h5-11,17-18H,1-4H3,(H,22,23)/t17-,18+/m1/s1. The zero-order valence-corrected chi connectivity index (χ0v) is 15.1. The van der Waals surface area contributed by atoms with E-state index in [-0.39, 0.29) is 23.2 Å². The van der Waals surface area contributed by atoms with E-state index in [9.17, 15) is 4.79 Å². The van der Waals surface area contributed by atoms with Crippen LogP contribution in [0.25, 0.3) is 0 Å². The first kappa shape index (κ1) is 16.8. The zero-order valence-electron chi connectivity index (χ0n) is 14.4. The number of carbonyl (C=O) groups is 1. The quantitative estimate of drug-likeness (QED) is 0.845. The molecule has 1 amide bonds. The number of halogens is 1. The van der Waals surface area contributed by atoms with Crippen molar-refractivity contribution in [3.63, 3.8) is 0 Å². The van der Waals surface area contributed by atoms with Crippen LogP contribution in [-0.2, 0) is 4.79 Å². The SMILES string of the molecule is COc1ccc(Cl)cc1NC(=O)[C@@H]1[C@@H](c2cccc(C)c2)C1(C)C. The van der Waals surface area contributed by atoms with Gasteiger partial charge in [-0.3, -0.25) is 4.79 Å². The van der Waals surface area contributed by atoms with Crippen molar-refractivity contribution in [3.05, 3.63) is 58.6 Å². The van der Waals surface area contributed by atoms with Crippen LogP contribution in [0.5, 0.6) is 5.75 Å². The fourth-order valence-corrected chi connectivity index (χ4v) is 3.77. The van der Waals surface area contributed by atoms with E-state index in [1.807, 2.05) is 6.07 Å². The molecule has 0 spiro atoms. The van der Waals surface area contributed by atoms with Gasteiger partial charge in [-0.2, -0.15) is 0 Å². The van der Waals surface area contributed by atoms with E-state index < -0.39 is 0 Å². The lowest BCUT2D eigenvalue weighted by Crippen LogP contribution is -2.17. The highest BCUT2D eigenvalue weighted by molar-refractivity contribution is 6.31. The van der Waals surface area contributed by atoms with Gasteiger partial charge in [0.2, 0.25) is 5.91 Å². The van der Waals surface area contributed by atoms with E-state index >= 15 is 0 Å². The molecule has 0 saturated heterocycles. The highest BCUT2D eigenvalue weighted by Crippen LogP contribution is 2.64. The average molecular weight is 344 g/mol. The summed E-state index contributed by atoms with van der Waals surface area (Å²) >= 11 is 6.04. The summed E-state index contributed by atoms with van der Waals surface area (Å²) in [4.78, 5) is 12.8. The summed E-state index contributed by atoms with van der Waals surface area (Å²) in [6.07, 6.45) is 0. The van der Waals surface area contributed by atoms with Gasteiger partial charge in [0.05, 0.1) is 18.7 Å². The van der Waals surface area contributed by atoms with Gasteiger partial charge in [-0.15, -0.1) is 0 Å². The third-order valence-electron chi connectivity index (χ3n) is 4.93. The first-order valence-corrected chi connectivity index (χ1v) is 8.43. The Kier molecular flexibility index (Phi) is 4.31. The molecule has 0 heterocycles. The Balaban J connectivity index is 1.82. The monoisotopic (exact) mass is 343 g/mol. The maximum atomic E-state index is 12.8. The van der Waals surface area contributed by atoms with Gasteiger partial charge in [0, 0.05) is 10.9 Å². The van der Waals surface area contributed by atoms with Crippen LogP contribution in [0.1, 0.15) is 30.9 Å². The molecule has 2 aromatic rings. The largest absolute Gasteiger partial charge is 0.495 e. The van der Waals surface area contributed by atoms with E-state index in [2.05, 4.69) is 44.3 Å². The molecule has 24 heavy (non-hydrogen) atoms. The number of nitrogens with one attached hydrogen (secondary N) is 1. The molecule has 1 aliphatic rings. The Morgan fingerprint density at radius 3 is 2.62 bits per heavy atom. The second-order valence-electron chi connectivity index (χ2n) is 7.02. The van der Waals surface area contributed by atoms with Crippen molar-refractivity contribution >= 4 is 23.2 Å². The molecule has 2 atom stereocenters. The van der Waals surface area contributed by atoms with Crippen LogP contribution < -0.4 is 10.1 Å². The van der Waals surface area contributed by atoms with Crippen molar-refractivity contribution in [2.45, 2.75) is 26.7 Å². The summed E-state index contributed by atoms with van der Waals surface area (Å²) in [6, 6.07) is 13.6. The molecule has 3 rings (SSSR count). The minimum Gasteiger partial charge on any atom is -0.495 e. The molecule has 0 bridgehead atoms. The lowest BCUT2D eigenvalue weighted by molar-refractivity contribution is -0.118. The second kappa shape index (κ2) is 6.14. The van der Waals surface area contributed by atoms with Crippen molar-refractivity contribution in [2.24, 2.45) is 11.3 Å². The number of anilines is 1. The smallest absolute Gasteiger partial charge is 0.228 e. The molecule has 1 aliphatic carbocycles. The van der Waals surface area contributed by atoms with Gasteiger partial charge in [-0.25, -0.2) is 0 Å². The van der Waals surface area contributed by atoms with Gasteiger partial charge in [0.25, 0.3) is 0 Å². The maximum absolute atomic E-state index is 12.8. The molecule has 0 aromatic heterocycles. The molecule has 0 aliphatic heterocycles. The number of methoxy groups -OCH3 is 1. The number of ether oxygens (including phenoxy) is 1. The molecule has 1 saturated carbocycles. The van der Waals surface area contributed by atoms with E-state index in [0.29, 0.717) is 16.5 Å². The summed E-state index contributed by atoms with van der Waals surface area (Å²) in [6.45, 7) is 6.35. The molecule has 0 unspecified atom stereocenters. The summed E-state index contributed by atoms with van der Waals surface area (Å²) in [5.74, 6) is 0.774. The van der Waals surface area contributed by atoms with Crippen LogP contribution in [-0.4, -0.2) is 13.0 Å². The van der Waals surface area contributed by atoms with Crippen LogP contribution in [0.4, 0.5) is 5.69 Å². The van der Waals surface area contributed by atoms with Gasteiger partial charge in [0.1, 0.15) is 5.75 Å². The van der Waals surface area contributed by atoms with Crippen LogP contribution in [0.3, 0.4) is 0 Å². The molecule has 2 aromatic carbocycles. The minimum atomic E-state index is -0.0667. The Hall–Kier alpha value is -2.00. The Morgan fingerprint density at radius 1 is 1.21 bits per heavy atom. The number of aryl methyl sites for hydroxylation is 1. The first-order chi connectivity index (χ1) is 11.3. The number of hydrogen-bond acceptors (Lipinski definition) is 2. The molecule has 126 valence electrons. The Bertz CT molecular complexity index is 785. The number of hydrogen-bond donors (Lipinski definition) is 1. The summed E-state index contributed by atoms with van der Waals surface area (Å²) in [7, 11) is 1.58. The molecule has 0 radical (unpaired) electrons. The normalized spacial score (nSPS) is 21.2. The second-order valence-corrected chi connectivity index (χ2v) is 7.46. The number of amides is 1. The predicted molar refractivity (Wildman–Crippen MR) is 97.8 cm³/mol. The summed E-state index contributed by atoms with van der Waals surface area (Å²) in [5.41, 5.74) is 2.98. The average Bonchev–Trinajstić information content (AvgIpc) is 3.10. The van der Waals surface area contributed by atoms with E-state index in [1.54, 1.807) is 25.3 Å². The topological polar surface area (TPSA) is 38.3 Å². The van der Waals surface area contributed by atoms with E-state index in [0.717, 1.165) is 0 Å². The van der Waals surface area contributed by atoms with Crippen molar-refractivity contribution < 1.29 is 9.53 Å². The van der Waals surface area contributed by atoms with Gasteiger partial charge in [-0.05, 0) is 36.1 Å².